The van der Waals surface area contributed by atoms with E-state index in [1.54, 1.807) is 20.9 Å². The van der Waals surface area contributed by atoms with E-state index in [-0.39, 0.29) is 29.7 Å². The molecule has 2 aliphatic rings. The normalized spacial score (nSPS) is 22.4. The SMILES string of the molecule is CN=C(NCCN1CCN(Cc2ccccc2)CC1)N1CCS(=O)(=O)C(C)(C)C1.I. The number of halogens is 1. The van der Waals surface area contributed by atoms with Gasteiger partial charge in [-0.25, -0.2) is 8.42 Å². The lowest BCUT2D eigenvalue weighted by Crippen LogP contribution is -2.57. The second kappa shape index (κ2) is 11.1. The van der Waals surface area contributed by atoms with Crippen molar-refractivity contribution in [2.45, 2.75) is 25.1 Å². The van der Waals surface area contributed by atoms with Crippen molar-refractivity contribution in [3.8, 4) is 0 Å². The molecule has 0 spiro atoms. The summed E-state index contributed by atoms with van der Waals surface area (Å²) in [6, 6.07) is 10.6. The van der Waals surface area contributed by atoms with Crippen LogP contribution >= 0.6 is 24.0 Å². The monoisotopic (exact) mass is 549 g/mol. The largest absolute Gasteiger partial charge is 0.355 e. The van der Waals surface area contributed by atoms with Crippen LogP contribution in [0.3, 0.4) is 0 Å². The van der Waals surface area contributed by atoms with Crippen LogP contribution in [0.4, 0.5) is 0 Å². The maximum atomic E-state index is 12.2. The molecule has 2 heterocycles. The van der Waals surface area contributed by atoms with Crippen LogP contribution in [0.15, 0.2) is 35.3 Å². The van der Waals surface area contributed by atoms with Gasteiger partial charge in [0, 0.05) is 66.0 Å². The lowest BCUT2D eigenvalue weighted by molar-refractivity contribution is 0.128. The first-order valence-corrected chi connectivity index (χ1v) is 12.1. The van der Waals surface area contributed by atoms with E-state index in [0.29, 0.717) is 13.1 Å². The van der Waals surface area contributed by atoms with Gasteiger partial charge in [0.1, 0.15) is 0 Å². The zero-order chi connectivity index (χ0) is 20.9. The highest BCUT2D eigenvalue weighted by atomic mass is 127. The predicted octanol–water partition coefficient (Wildman–Crippen LogP) is 1.51. The summed E-state index contributed by atoms with van der Waals surface area (Å²) in [6.07, 6.45) is 0. The number of nitrogens with one attached hydrogen (secondary N) is 1. The van der Waals surface area contributed by atoms with Gasteiger partial charge in [-0.2, -0.15) is 0 Å². The van der Waals surface area contributed by atoms with Crippen LogP contribution in [-0.4, -0.2) is 99.0 Å². The van der Waals surface area contributed by atoms with Gasteiger partial charge in [-0.05, 0) is 19.4 Å². The quantitative estimate of drug-likeness (QED) is 0.341. The van der Waals surface area contributed by atoms with Gasteiger partial charge in [-0.3, -0.25) is 14.8 Å². The summed E-state index contributed by atoms with van der Waals surface area (Å²) in [5, 5.41) is 3.43. The van der Waals surface area contributed by atoms with Crippen LogP contribution in [-0.2, 0) is 16.4 Å². The smallest absolute Gasteiger partial charge is 0.193 e. The highest BCUT2D eigenvalue weighted by Gasteiger charge is 2.40. The second-order valence-corrected chi connectivity index (χ2v) is 11.3. The first-order valence-electron chi connectivity index (χ1n) is 10.5. The van der Waals surface area contributed by atoms with E-state index >= 15 is 0 Å². The molecule has 1 N–H and O–H groups in total. The van der Waals surface area contributed by atoms with Crippen LogP contribution < -0.4 is 5.32 Å². The second-order valence-electron chi connectivity index (χ2n) is 8.58. The van der Waals surface area contributed by atoms with Crippen LogP contribution in [0.2, 0.25) is 0 Å². The number of sulfone groups is 1. The first kappa shape index (κ1) is 25.4. The third-order valence-electron chi connectivity index (χ3n) is 5.98. The number of hydrogen-bond donors (Lipinski definition) is 1. The van der Waals surface area contributed by atoms with Gasteiger partial charge in [0.2, 0.25) is 0 Å². The predicted molar refractivity (Wildman–Crippen MR) is 134 cm³/mol. The minimum absolute atomic E-state index is 0. The lowest BCUT2D eigenvalue weighted by Gasteiger charge is -2.39. The summed E-state index contributed by atoms with van der Waals surface area (Å²) >= 11 is 0. The Bertz CT molecular complexity index is 793. The molecule has 0 aliphatic carbocycles. The topological polar surface area (TPSA) is 68.2 Å². The molecule has 0 radical (unpaired) electrons. The minimum Gasteiger partial charge on any atom is -0.355 e. The average Bonchev–Trinajstić information content (AvgIpc) is 2.70. The summed E-state index contributed by atoms with van der Waals surface area (Å²) in [5.74, 6) is 0.986. The van der Waals surface area contributed by atoms with Crippen LogP contribution in [0.25, 0.3) is 0 Å². The Balaban J connectivity index is 0.00000320. The van der Waals surface area contributed by atoms with Crippen LogP contribution in [0.5, 0.6) is 0 Å². The zero-order valence-corrected chi connectivity index (χ0v) is 21.5. The number of aliphatic imine (C=N–C) groups is 1. The van der Waals surface area contributed by atoms with Gasteiger partial charge in [-0.1, -0.05) is 30.3 Å². The maximum Gasteiger partial charge on any atom is 0.193 e. The Hall–Kier alpha value is -0.910. The third kappa shape index (κ3) is 6.54. The molecular formula is C21H36IN5O2S. The molecule has 1 aromatic carbocycles. The fourth-order valence-electron chi connectivity index (χ4n) is 4.00. The molecule has 3 rings (SSSR count). The highest BCUT2D eigenvalue weighted by molar-refractivity contribution is 14.0. The molecule has 7 nitrogen and oxygen atoms in total. The molecular weight excluding hydrogens is 513 g/mol. The molecule has 0 aromatic heterocycles. The molecule has 0 unspecified atom stereocenters. The molecule has 2 saturated heterocycles. The van der Waals surface area contributed by atoms with E-state index in [1.165, 1.54) is 5.56 Å². The standard InChI is InChI=1S/C21H35N5O2S.HI/c1-21(2)18-26(15-16-29(21,27)28)20(22-3)23-9-10-24-11-13-25(14-12-24)17-19-7-5-4-6-8-19;/h4-8H,9-18H2,1-3H3,(H,22,23);1H. The van der Waals surface area contributed by atoms with Crippen molar-refractivity contribution >= 4 is 39.8 Å². The van der Waals surface area contributed by atoms with E-state index in [9.17, 15) is 8.42 Å². The minimum atomic E-state index is -3.04. The fourth-order valence-corrected chi connectivity index (χ4v) is 5.36. The molecule has 9 heteroatoms. The van der Waals surface area contributed by atoms with Crippen molar-refractivity contribution in [1.29, 1.82) is 0 Å². The van der Waals surface area contributed by atoms with Crippen molar-refractivity contribution in [2.24, 2.45) is 4.99 Å². The first-order chi connectivity index (χ1) is 13.8. The van der Waals surface area contributed by atoms with Gasteiger partial charge < -0.3 is 10.2 Å². The van der Waals surface area contributed by atoms with Gasteiger partial charge in [0.15, 0.2) is 15.8 Å². The molecule has 170 valence electrons. The zero-order valence-electron chi connectivity index (χ0n) is 18.4. The molecule has 0 saturated carbocycles. The van der Waals surface area contributed by atoms with Crippen molar-refractivity contribution in [3.63, 3.8) is 0 Å². The van der Waals surface area contributed by atoms with Gasteiger partial charge in [0.05, 0.1) is 10.5 Å². The molecule has 0 bridgehead atoms. The summed E-state index contributed by atoms with van der Waals surface area (Å²) in [4.78, 5) is 11.4. The lowest BCUT2D eigenvalue weighted by atomic mass is 10.2. The Morgan fingerprint density at radius 3 is 2.30 bits per heavy atom. The highest BCUT2D eigenvalue weighted by Crippen LogP contribution is 2.23. The number of rotatable bonds is 5. The molecule has 2 fully saturated rings. The van der Waals surface area contributed by atoms with Crippen LogP contribution in [0.1, 0.15) is 19.4 Å². The maximum absolute atomic E-state index is 12.2. The van der Waals surface area contributed by atoms with Gasteiger partial charge in [-0.15, -0.1) is 24.0 Å². The van der Waals surface area contributed by atoms with Gasteiger partial charge in [0.25, 0.3) is 0 Å². The third-order valence-corrected chi connectivity index (χ3v) is 8.51. The Morgan fingerprint density at radius 1 is 1.07 bits per heavy atom. The van der Waals surface area contributed by atoms with Crippen molar-refractivity contribution in [3.05, 3.63) is 35.9 Å². The summed E-state index contributed by atoms with van der Waals surface area (Å²) in [6.45, 7) is 11.7. The number of hydrogen-bond acceptors (Lipinski definition) is 5. The summed E-state index contributed by atoms with van der Waals surface area (Å²) < 4.78 is 23.7. The molecule has 2 aliphatic heterocycles. The van der Waals surface area contributed by atoms with E-state index in [1.807, 2.05) is 0 Å². The van der Waals surface area contributed by atoms with Crippen molar-refractivity contribution in [2.75, 3.05) is 65.2 Å². The number of piperazine rings is 1. The molecule has 1 aromatic rings. The Morgan fingerprint density at radius 2 is 1.70 bits per heavy atom. The summed E-state index contributed by atoms with van der Waals surface area (Å²) in [7, 11) is -1.27. The Labute approximate surface area is 198 Å². The average molecular weight is 550 g/mol. The Kier molecular flexibility index (Phi) is 9.38. The van der Waals surface area contributed by atoms with Crippen LogP contribution in [0, 0.1) is 0 Å². The summed E-state index contributed by atoms with van der Waals surface area (Å²) in [5.41, 5.74) is 1.37. The van der Waals surface area contributed by atoms with Crippen molar-refractivity contribution in [1.82, 2.24) is 20.0 Å². The van der Waals surface area contributed by atoms with E-state index < -0.39 is 14.6 Å². The molecule has 0 atom stereocenters. The van der Waals surface area contributed by atoms with E-state index in [2.05, 4.69) is 55.3 Å². The van der Waals surface area contributed by atoms with Crippen molar-refractivity contribution < 1.29 is 8.42 Å². The number of guanidine groups is 1. The number of benzene rings is 1. The van der Waals surface area contributed by atoms with Gasteiger partial charge >= 0.3 is 0 Å². The molecule has 30 heavy (non-hydrogen) atoms. The number of nitrogens with zero attached hydrogens (tertiary/aromatic N) is 4. The van der Waals surface area contributed by atoms with E-state index in [0.717, 1.165) is 51.8 Å². The molecule has 0 amide bonds. The fraction of sp³-hybridized carbons (Fsp3) is 0.667. The van der Waals surface area contributed by atoms with E-state index in [4.69, 9.17) is 0 Å².